The zero-order valence-electron chi connectivity index (χ0n) is 10.6. The molecule has 0 aliphatic heterocycles. The quantitative estimate of drug-likeness (QED) is 0.831. The summed E-state index contributed by atoms with van der Waals surface area (Å²) in [6.07, 6.45) is 0.525. The lowest BCUT2D eigenvalue weighted by atomic mass is 10.2. The van der Waals surface area contributed by atoms with Crippen LogP contribution in [0.4, 0.5) is 0 Å². The highest BCUT2D eigenvalue weighted by atomic mass is 35.5. The summed E-state index contributed by atoms with van der Waals surface area (Å²) in [4.78, 5) is 11.5. The van der Waals surface area contributed by atoms with Crippen LogP contribution < -0.4 is 10.1 Å². The van der Waals surface area contributed by atoms with Gasteiger partial charge >= 0.3 is 0 Å². The number of hydrogen-bond acceptors (Lipinski definition) is 3. The Hall–Kier alpha value is -1.26. The molecule has 0 saturated carbocycles. The fourth-order valence-electron chi connectivity index (χ4n) is 1.45. The van der Waals surface area contributed by atoms with Gasteiger partial charge in [-0.05, 0) is 38.0 Å². The topological polar surface area (TPSA) is 58.6 Å². The fraction of sp³-hybridized carbons (Fsp3) is 0.462. The molecule has 0 radical (unpaired) electrons. The number of nitrogens with one attached hydrogen (secondary N) is 1. The van der Waals surface area contributed by atoms with Crippen LogP contribution in [0.1, 0.15) is 18.9 Å². The number of halogens is 1. The van der Waals surface area contributed by atoms with Crippen LogP contribution in [0.2, 0.25) is 5.02 Å². The highest BCUT2D eigenvalue weighted by molar-refractivity contribution is 6.32. The molecule has 100 valence electrons. The first kappa shape index (κ1) is 14.8. The smallest absolute Gasteiger partial charge is 0.258 e. The van der Waals surface area contributed by atoms with Crippen LogP contribution >= 0.6 is 11.6 Å². The standard InChI is InChI=1S/C13H18ClNO3/c1-9-3-4-11(14)12(7-9)18-8-13(17)15-10(2)5-6-16/h3-4,7,10,16H,5-6,8H2,1-2H3,(H,15,17). The van der Waals surface area contributed by atoms with Crippen molar-refractivity contribution in [3.8, 4) is 5.75 Å². The average Bonchev–Trinajstić information content (AvgIpc) is 2.30. The Labute approximate surface area is 112 Å². The first-order valence-corrected chi connectivity index (χ1v) is 6.20. The van der Waals surface area contributed by atoms with Gasteiger partial charge in [0, 0.05) is 12.6 Å². The van der Waals surface area contributed by atoms with Gasteiger partial charge in [0.1, 0.15) is 5.75 Å². The van der Waals surface area contributed by atoms with E-state index in [-0.39, 0.29) is 25.2 Å². The molecule has 0 aliphatic rings. The monoisotopic (exact) mass is 271 g/mol. The summed E-state index contributed by atoms with van der Waals surface area (Å²) in [5.41, 5.74) is 1.02. The van der Waals surface area contributed by atoms with Crippen molar-refractivity contribution >= 4 is 17.5 Å². The molecule has 0 fully saturated rings. The molecule has 1 atom stereocenters. The summed E-state index contributed by atoms with van der Waals surface area (Å²) >= 11 is 5.95. The predicted octanol–water partition coefficient (Wildman–Crippen LogP) is 1.91. The lowest BCUT2D eigenvalue weighted by molar-refractivity contribution is -0.123. The molecule has 4 nitrogen and oxygen atoms in total. The van der Waals surface area contributed by atoms with Gasteiger partial charge in [-0.25, -0.2) is 0 Å². The van der Waals surface area contributed by atoms with Gasteiger partial charge in [-0.15, -0.1) is 0 Å². The number of amides is 1. The van der Waals surface area contributed by atoms with Gasteiger partial charge in [0.2, 0.25) is 0 Å². The Morgan fingerprint density at radius 1 is 1.56 bits per heavy atom. The van der Waals surface area contributed by atoms with E-state index in [9.17, 15) is 4.79 Å². The first-order valence-electron chi connectivity index (χ1n) is 5.82. The molecule has 0 aromatic heterocycles. The number of aliphatic hydroxyl groups excluding tert-OH is 1. The number of aryl methyl sites for hydroxylation is 1. The molecule has 1 unspecified atom stereocenters. The summed E-state index contributed by atoms with van der Waals surface area (Å²) in [7, 11) is 0. The van der Waals surface area contributed by atoms with E-state index in [0.717, 1.165) is 5.56 Å². The van der Waals surface area contributed by atoms with E-state index in [0.29, 0.717) is 17.2 Å². The average molecular weight is 272 g/mol. The molecule has 2 N–H and O–H groups in total. The molecule has 0 spiro atoms. The van der Waals surface area contributed by atoms with Crippen molar-refractivity contribution in [2.75, 3.05) is 13.2 Å². The Balaban J connectivity index is 2.45. The van der Waals surface area contributed by atoms with Gasteiger partial charge in [-0.3, -0.25) is 4.79 Å². The van der Waals surface area contributed by atoms with Gasteiger partial charge < -0.3 is 15.2 Å². The van der Waals surface area contributed by atoms with E-state index in [2.05, 4.69) is 5.32 Å². The molecule has 1 rings (SSSR count). The van der Waals surface area contributed by atoms with Crippen molar-refractivity contribution in [3.63, 3.8) is 0 Å². The zero-order valence-corrected chi connectivity index (χ0v) is 11.3. The SMILES string of the molecule is Cc1ccc(Cl)c(OCC(=O)NC(C)CCO)c1. The van der Waals surface area contributed by atoms with Crippen LogP contribution in [0.25, 0.3) is 0 Å². The Bertz CT molecular complexity index is 409. The Morgan fingerprint density at radius 3 is 2.94 bits per heavy atom. The second kappa shape index (κ2) is 7.24. The largest absolute Gasteiger partial charge is 0.482 e. The van der Waals surface area contributed by atoms with Gasteiger partial charge in [-0.2, -0.15) is 0 Å². The summed E-state index contributed by atoms with van der Waals surface area (Å²) in [6.45, 7) is 3.71. The normalized spacial score (nSPS) is 12.0. The third kappa shape index (κ3) is 4.94. The van der Waals surface area contributed by atoms with Crippen molar-refractivity contribution in [2.24, 2.45) is 0 Å². The molecule has 0 saturated heterocycles. The van der Waals surface area contributed by atoms with Crippen molar-refractivity contribution in [1.29, 1.82) is 0 Å². The zero-order chi connectivity index (χ0) is 13.5. The molecule has 5 heteroatoms. The lowest BCUT2D eigenvalue weighted by Crippen LogP contribution is -2.36. The van der Waals surface area contributed by atoms with Crippen LogP contribution in [-0.2, 0) is 4.79 Å². The molecule has 1 aromatic carbocycles. The number of rotatable bonds is 6. The Morgan fingerprint density at radius 2 is 2.28 bits per heavy atom. The van der Waals surface area contributed by atoms with Gasteiger partial charge in [0.05, 0.1) is 5.02 Å². The predicted molar refractivity (Wildman–Crippen MR) is 71.0 cm³/mol. The second-order valence-corrected chi connectivity index (χ2v) is 4.61. The van der Waals surface area contributed by atoms with Gasteiger partial charge in [0.15, 0.2) is 6.61 Å². The number of ether oxygens (including phenoxy) is 1. The Kier molecular flexibility index (Phi) is 5.95. The molecule has 0 aliphatic carbocycles. The molecule has 0 bridgehead atoms. The second-order valence-electron chi connectivity index (χ2n) is 4.20. The molecule has 0 heterocycles. The highest BCUT2D eigenvalue weighted by Crippen LogP contribution is 2.24. The molecular weight excluding hydrogens is 254 g/mol. The minimum absolute atomic E-state index is 0.0476. The van der Waals surface area contributed by atoms with Crippen molar-refractivity contribution in [3.05, 3.63) is 28.8 Å². The first-order chi connectivity index (χ1) is 8.52. The van der Waals surface area contributed by atoms with Gasteiger partial charge in [-0.1, -0.05) is 17.7 Å². The van der Waals surface area contributed by atoms with E-state index in [1.165, 1.54) is 0 Å². The minimum atomic E-state index is -0.228. The van der Waals surface area contributed by atoms with E-state index < -0.39 is 0 Å². The number of hydrogen-bond donors (Lipinski definition) is 2. The number of carbonyl (C=O) groups excluding carboxylic acids is 1. The maximum atomic E-state index is 11.5. The molecule has 1 amide bonds. The lowest BCUT2D eigenvalue weighted by Gasteiger charge is -2.13. The summed E-state index contributed by atoms with van der Waals surface area (Å²) in [5, 5.41) is 11.9. The molecular formula is C13H18ClNO3. The minimum Gasteiger partial charge on any atom is -0.482 e. The number of carbonyl (C=O) groups is 1. The van der Waals surface area contributed by atoms with E-state index >= 15 is 0 Å². The summed E-state index contributed by atoms with van der Waals surface area (Å²) < 4.78 is 5.35. The van der Waals surface area contributed by atoms with Crippen molar-refractivity contribution in [1.82, 2.24) is 5.32 Å². The van der Waals surface area contributed by atoms with Crippen molar-refractivity contribution in [2.45, 2.75) is 26.3 Å². The van der Waals surface area contributed by atoms with E-state index in [4.69, 9.17) is 21.4 Å². The maximum absolute atomic E-state index is 11.5. The van der Waals surface area contributed by atoms with Crippen LogP contribution in [0.5, 0.6) is 5.75 Å². The van der Waals surface area contributed by atoms with Crippen LogP contribution in [-0.4, -0.2) is 30.3 Å². The third-order valence-corrected chi connectivity index (χ3v) is 2.73. The number of benzene rings is 1. The van der Waals surface area contributed by atoms with Crippen LogP contribution in [0, 0.1) is 6.92 Å². The fourth-order valence-corrected chi connectivity index (χ4v) is 1.62. The van der Waals surface area contributed by atoms with Crippen molar-refractivity contribution < 1.29 is 14.6 Å². The van der Waals surface area contributed by atoms with E-state index in [1.54, 1.807) is 12.1 Å². The molecule has 1 aromatic rings. The highest BCUT2D eigenvalue weighted by Gasteiger charge is 2.09. The van der Waals surface area contributed by atoms with Crippen LogP contribution in [0.3, 0.4) is 0 Å². The number of aliphatic hydroxyl groups is 1. The summed E-state index contributed by atoms with van der Waals surface area (Å²) in [6, 6.07) is 5.32. The molecule has 18 heavy (non-hydrogen) atoms. The van der Waals surface area contributed by atoms with Crippen LogP contribution in [0.15, 0.2) is 18.2 Å². The van der Waals surface area contributed by atoms with E-state index in [1.807, 2.05) is 19.9 Å². The third-order valence-electron chi connectivity index (χ3n) is 2.41. The summed E-state index contributed by atoms with van der Waals surface area (Å²) in [5.74, 6) is 0.273. The van der Waals surface area contributed by atoms with Gasteiger partial charge in [0.25, 0.3) is 5.91 Å². The maximum Gasteiger partial charge on any atom is 0.258 e.